The molecule has 1 unspecified atom stereocenters. The minimum absolute atomic E-state index is 0. The standard InChI is InChI=1S/C15H21N3O3S.ClH/c1-11-10-17(8-6-16-11)22(20,21)14-4-3-13-5-7-18(12(2)19)15(13)9-14;/h3-4,9,11,16H,5-8,10H2,1-2H3;1H. The van der Waals surface area contributed by atoms with Gasteiger partial charge in [0.1, 0.15) is 0 Å². The second-order valence-electron chi connectivity index (χ2n) is 5.93. The number of rotatable bonds is 2. The van der Waals surface area contributed by atoms with Crippen LogP contribution in [0.4, 0.5) is 5.69 Å². The van der Waals surface area contributed by atoms with Gasteiger partial charge in [-0.25, -0.2) is 8.42 Å². The van der Waals surface area contributed by atoms with Crippen LogP contribution in [0.2, 0.25) is 0 Å². The first-order valence-corrected chi connectivity index (χ1v) is 8.98. The van der Waals surface area contributed by atoms with E-state index in [1.54, 1.807) is 17.0 Å². The number of fused-ring (bicyclic) bond motifs is 1. The molecule has 1 N–H and O–H groups in total. The average molecular weight is 360 g/mol. The van der Waals surface area contributed by atoms with Crippen molar-refractivity contribution in [2.75, 3.05) is 31.1 Å². The fraction of sp³-hybridized carbons (Fsp3) is 0.533. The topological polar surface area (TPSA) is 69.7 Å². The summed E-state index contributed by atoms with van der Waals surface area (Å²) < 4.78 is 27.1. The van der Waals surface area contributed by atoms with E-state index in [4.69, 9.17) is 0 Å². The van der Waals surface area contributed by atoms with Crippen molar-refractivity contribution >= 4 is 34.0 Å². The Bertz CT molecular complexity index is 708. The van der Waals surface area contributed by atoms with Gasteiger partial charge in [-0.1, -0.05) is 6.07 Å². The number of carbonyl (C=O) groups is 1. The number of carbonyl (C=O) groups excluding carboxylic acids is 1. The Morgan fingerprint density at radius 2 is 2.04 bits per heavy atom. The van der Waals surface area contributed by atoms with E-state index in [-0.39, 0.29) is 29.3 Å². The van der Waals surface area contributed by atoms with Gasteiger partial charge in [0.2, 0.25) is 15.9 Å². The average Bonchev–Trinajstić information content (AvgIpc) is 2.90. The van der Waals surface area contributed by atoms with Gasteiger partial charge in [0.25, 0.3) is 0 Å². The van der Waals surface area contributed by atoms with Crippen molar-refractivity contribution in [1.29, 1.82) is 0 Å². The first-order valence-electron chi connectivity index (χ1n) is 7.54. The lowest BCUT2D eigenvalue weighted by Crippen LogP contribution is -2.51. The molecule has 1 aromatic rings. The van der Waals surface area contributed by atoms with Gasteiger partial charge in [0.15, 0.2) is 0 Å². The maximum absolute atomic E-state index is 12.8. The summed E-state index contributed by atoms with van der Waals surface area (Å²) in [5.74, 6) is -0.0518. The fourth-order valence-corrected chi connectivity index (χ4v) is 4.66. The highest BCUT2D eigenvalue weighted by Gasteiger charge is 2.30. The second kappa shape index (κ2) is 6.76. The smallest absolute Gasteiger partial charge is 0.243 e. The van der Waals surface area contributed by atoms with Crippen LogP contribution < -0.4 is 10.2 Å². The maximum atomic E-state index is 12.8. The molecule has 1 amide bonds. The van der Waals surface area contributed by atoms with Crippen LogP contribution in [0.25, 0.3) is 0 Å². The molecule has 0 bridgehead atoms. The predicted molar refractivity (Wildman–Crippen MR) is 91.6 cm³/mol. The Balaban J connectivity index is 0.00000192. The first kappa shape index (κ1) is 18.2. The lowest BCUT2D eigenvalue weighted by molar-refractivity contribution is -0.116. The molecule has 1 aromatic carbocycles. The van der Waals surface area contributed by atoms with Crippen LogP contribution in [0.15, 0.2) is 23.1 Å². The molecule has 2 aliphatic rings. The Hall–Kier alpha value is -1.15. The van der Waals surface area contributed by atoms with Gasteiger partial charge >= 0.3 is 0 Å². The molecule has 2 aliphatic heterocycles. The molecule has 0 aliphatic carbocycles. The first-order chi connectivity index (χ1) is 10.4. The van der Waals surface area contributed by atoms with Gasteiger partial charge in [0.05, 0.1) is 4.90 Å². The van der Waals surface area contributed by atoms with Crippen molar-refractivity contribution < 1.29 is 13.2 Å². The van der Waals surface area contributed by atoms with Crippen molar-refractivity contribution in [2.24, 2.45) is 0 Å². The monoisotopic (exact) mass is 359 g/mol. The highest BCUT2D eigenvalue weighted by Crippen LogP contribution is 2.31. The Labute approximate surface area is 143 Å². The molecule has 0 aromatic heterocycles. The van der Waals surface area contributed by atoms with Gasteiger partial charge in [0, 0.05) is 44.8 Å². The van der Waals surface area contributed by atoms with Crippen LogP contribution in [-0.2, 0) is 21.2 Å². The normalized spacial score (nSPS) is 21.7. The van der Waals surface area contributed by atoms with E-state index in [1.165, 1.54) is 11.2 Å². The summed E-state index contributed by atoms with van der Waals surface area (Å²) in [6, 6.07) is 5.28. The minimum Gasteiger partial charge on any atom is -0.312 e. The minimum atomic E-state index is -3.51. The maximum Gasteiger partial charge on any atom is 0.243 e. The number of piperazine rings is 1. The SMILES string of the molecule is CC(=O)N1CCc2ccc(S(=O)(=O)N3CCNC(C)C3)cc21.Cl. The number of benzene rings is 1. The van der Waals surface area contributed by atoms with Crippen LogP contribution in [-0.4, -0.2) is 50.9 Å². The molecular weight excluding hydrogens is 338 g/mol. The van der Waals surface area contributed by atoms with Crippen LogP contribution >= 0.6 is 12.4 Å². The van der Waals surface area contributed by atoms with Crippen molar-refractivity contribution in [3.05, 3.63) is 23.8 Å². The zero-order valence-corrected chi connectivity index (χ0v) is 14.9. The van der Waals surface area contributed by atoms with Crippen LogP contribution in [0, 0.1) is 0 Å². The Morgan fingerprint density at radius 3 is 2.70 bits per heavy atom. The molecule has 128 valence electrons. The van der Waals surface area contributed by atoms with Crippen molar-refractivity contribution in [2.45, 2.75) is 31.2 Å². The van der Waals surface area contributed by atoms with E-state index in [0.29, 0.717) is 26.2 Å². The van der Waals surface area contributed by atoms with Gasteiger partial charge in [-0.3, -0.25) is 4.79 Å². The Morgan fingerprint density at radius 1 is 1.30 bits per heavy atom. The lowest BCUT2D eigenvalue weighted by atomic mass is 10.2. The molecule has 0 saturated carbocycles. The predicted octanol–water partition coefficient (Wildman–Crippen LogP) is 1.000. The van der Waals surface area contributed by atoms with E-state index in [0.717, 1.165) is 17.7 Å². The van der Waals surface area contributed by atoms with E-state index < -0.39 is 10.0 Å². The summed E-state index contributed by atoms with van der Waals surface area (Å²) in [4.78, 5) is 13.6. The quantitative estimate of drug-likeness (QED) is 0.855. The van der Waals surface area contributed by atoms with Gasteiger partial charge in [-0.15, -0.1) is 12.4 Å². The molecule has 1 atom stereocenters. The largest absolute Gasteiger partial charge is 0.312 e. The summed E-state index contributed by atoms with van der Waals surface area (Å²) in [5, 5.41) is 3.24. The second-order valence-corrected chi connectivity index (χ2v) is 7.87. The highest BCUT2D eigenvalue weighted by molar-refractivity contribution is 7.89. The summed E-state index contributed by atoms with van der Waals surface area (Å²) in [5.41, 5.74) is 1.76. The third-order valence-corrected chi connectivity index (χ3v) is 6.16. The van der Waals surface area contributed by atoms with Crippen LogP contribution in [0.3, 0.4) is 0 Å². The number of amides is 1. The number of nitrogens with zero attached hydrogens (tertiary/aromatic N) is 2. The third-order valence-electron chi connectivity index (χ3n) is 4.30. The number of nitrogens with one attached hydrogen (secondary N) is 1. The van der Waals surface area contributed by atoms with Crippen molar-refractivity contribution in [1.82, 2.24) is 9.62 Å². The molecule has 2 heterocycles. The Kier molecular flexibility index (Phi) is 5.35. The van der Waals surface area contributed by atoms with Crippen LogP contribution in [0.5, 0.6) is 0 Å². The molecule has 0 spiro atoms. The van der Waals surface area contributed by atoms with Gasteiger partial charge < -0.3 is 10.2 Å². The van der Waals surface area contributed by atoms with E-state index in [1.807, 2.05) is 13.0 Å². The number of hydrogen-bond donors (Lipinski definition) is 1. The van der Waals surface area contributed by atoms with Crippen molar-refractivity contribution in [3.63, 3.8) is 0 Å². The van der Waals surface area contributed by atoms with E-state index in [2.05, 4.69) is 5.32 Å². The summed E-state index contributed by atoms with van der Waals surface area (Å²) in [6.07, 6.45) is 0.778. The summed E-state index contributed by atoms with van der Waals surface area (Å²) in [7, 11) is -3.51. The number of sulfonamides is 1. The molecule has 0 radical (unpaired) electrons. The molecule has 1 saturated heterocycles. The molecular formula is C15H22ClN3O3S. The highest BCUT2D eigenvalue weighted by atomic mass is 35.5. The van der Waals surface area contributed by atoms with Crippen molar-refractivity contribution in [3.8, 4) is 0 Å². The summed E-state index contributed by atoms with van der Waals surface area (Å²) >= 11 is 0. The van der Waals surface area contributed by atoms with Gasteiger partial charge in [-0.2, -0.15) is 4.31 Å². The zero-order valence-electron chi connectivity index (χ0n) is 13.3. The number of hydrogen-bond acceptors (Lipinski definition) is 4. The zero-order chi connectivity index (χ0) is 15.9. The number of halogens is 1. The molecule has 8 heteroatoms. The van der Waals surface area contributed by atoms with Gasteiger partial charge in [-0.05, 0) is 31.0 Å². The van der Waals surface area contributed by atoms with E-state index in [9.17, 15) is 13.2 Å². The lowest BCUT2D eigenvalue weighted by Gasteiger charge is -2.31. The molecule has 3 rings (SSSR count). The number of anilines is 1. The third kappa shape index (κ3) is 3.38. The fourth-order valence-electron chi connectivity index (χ4n) is 3.11. The molecule has 1 fully saturated rings. The van der Waals surface area contributed by atoms with E-state index >= 15 is 0 Å². The summed E-state index contributed by atoms with van der Waals surface area (Å²) in [6.45, 7) is 5.70. The van der Waals surface area contributed by atoms with Crippen LogP contribution in [0.1, 0.15) is 19.4 Å². The molecule has 23 heavy (non-hydrogen) atoms. The molecule has 6 nitrogen and oxygen atoms in total.